The van der Waals surface area contributed by atoms with Gasteiger partial charge < -0.3 is 9.47 Å². The summed E-state index contributed by atoms with van der Waals surface area (Å²) in [7, 11) is 3.14. The molecule has 0 atom stereocenters. The van der Waals surface area contributed by atoms with E-state index >= 15 is 0 Å². The van der Waals surface area contributed by atoms with Crippen molar-refractivity contribution < 1.29 is 9.47 Å². The van der Waals surface area contributed by atoms with Crippen LogP contribution in [0.5, 0.6) is 0 Å². The van der Waals surface area contributed by atoms with Gasteiger partial charge in [0, 0.05) is 24.1 Å². The van der Waals surface area contributed by atoms with E-state index in [1.165, 1.54) is 0 Å². The topological polar surface area (TPSA) is 18.5 Å². The number of methoxy groups -OCH3 is 2. The van der Waals surface area contributed by atoms with Crippen molar-refractivity contribution in [1.82, 2.24) is 0 Å². The Labute approximate surface area is 59.0 Å². The predicted molar refractivity (Wildman–Crippen MR) is 37.2 cm³/mol. The first-order valence-electron chi connectivity index (χ1n) is 1.98. The molecule has 0 unspecified atom stereocenters. The minimum atomic E-state index is -0.199. The van der Waals surface area contributed by atoms with Crippen LogP contribution in [-0.2, 0) is 9.47 Å². The van der Waals surface area contributed by atoms with E-state index in [-0.39, 0.29) is 16.2 Å². The lowest BCUT2D eigenvalue weighted by molar-refractivity contribution is -0.0840. The van der Waals surface area contributed by atoms with E-state index in [1.807, 2.05) is 0 Å². The molecule has 0 aliphatic heterocycles. The molecular weight excluding hydrogens is 143 g/mol. The summed E-state index contributed by atoms with van der Waals surface area (Å²) in [6.07, 6.45) is -0.199. The third-order valence-corrected chi connectivity index (χ3v) is 0.934. The minimum absolute atomic E-state index is 0. The molecule has 48 valence electrons. The Balaban J connectivity index is 0. The lowest BCUT2D eigenvalue weighted by atomic mass is 10.7. The van der Waals surface area contributed by atoms with Gasteiger partial charge in [-0.1, -0.05) is 12.6 Å². The van der Waals surface area contributed by atoms with E-state index in [0.29, 0.717) is 5.75 Å². The molecule has 0 aliphatic carbocycles. The van der Waals surface area contributed by atoms with Crippen molar-refractivity contribution >= 4 is 22.5 Å². The zero-order valence-corrected chi connectivity index (χ0v) is 6.67. The molecule has 0 fully saturated rings. The van der Waals surface area contributed by atoms with Crippen LogP contribution >= 0.6 is 22.5 Å². The summed E-state index contributed by atoms with van der Waals surface area (Å²) in [6, 6.07) is 0. The minimum Gasteiger partial charge on any atom is -0.355 e. The summed E-state index contributed by atoms with van der Waals surface area (Å²) in [6.45, 7) is 0. The molecule has 0 aromatic heterocycles. The van der Waals surface area contributed by atoms with Gasteiger partial charge in [-0.3, -0.25) is 0 Å². The Morgan fingerprint density at radius 1 is 1.38 bits per heavy atom. The van der Waals surface area contributed by atoms with Gasteiger partial charge in [0.2, 0.25) is 0 Å². The van der Waals surface area contributed by atoms with Crippen molar-refractivity contribution in [1.29, 1.82) is 0 Å². The highest BCUT2D eigenvalue weighted by Crippen LogP contribution is 1.90. The zero-order valence-electron chi connectivity index (χ0n) is 4.96. The molecule has 0 aromatic carbocycles. The van der Waals surface area contributed by atoms with Crippen LogP contribution in [0.25, 0.3) is 0 Å². The molecular formula is C4H9O2PS. The van der Waals surface area contributed by atoms with Gasteiger partial charge in [0.25, 0.3) is 0 Å². The SMILES string of the molecule is COC(C[S])OC.[P]. The first-order valence-corrected chi connectivity index (χ1v) is 2.56. The highest BCUT2D eigenvalue weighted by molar-refractivity contribution is 7.80. The molecule has 0 saturated carbocycles. The molecule has 0 amide bonds. The van der Waals surface area contributed by atoms with Gasteiger partial charge in [-0.2, -0.15) is 0 Å². The van der Waals surface area contributed by atoms with Gasteiger partial charge in [0.05, 0.1) is 5.75 Å². The third-order valence-electron chi connectivity index (χ3n) is 0.662. The quantitative estimate of drug-likeness (QED) is 0.452. The van der Waals surface area contributed by atoms with Crippen molar-refractivity contribution in [2.45, 2.75) is 6.29 Å². The molecule has 0 bridgehead atoms. The Kier molecular flexibility index (Phi) is 11.1. The van der Waals surface area contributed by atoms with Crippen LogP contribution < -0.4 is 0 Å². The van der Waals surface area contributed by atoms with Gasteiger partial charge in [0.1, 0.15) is 0 Å². The lowest BCUT2D eigenvalue weighted by Gasteiger charge is -2.07. The maximum absolute atomic E-state index is 4.72. The number of rotatable bonds is 3. The molecule has 0 saturated heterocycles. The van der Waals surface area contributed by atoms with Crippen LogP contribution in [0.4, 0.5) is 0 Å². The molecule has 4 heteroatoms. The van der Waals surface area contributed by atoms with Gasteiger partial charge in [-0.15, -0.1) is 0 Å². The summed E-state index contributed by atoms with van der Waals surface area (Å²) in [4.78, 5) is 0. The Morgan fingerprint density at radius 3 is 1.75 bits per heavy atom. The first kappa shape index (κ1) is 11.5. The second kappa shape index (κ2) is 7.70. The maximum atomic E-state index is 4.72. The van der Waals surface area contributed by atoms with Crippen LogP contribution in [0.15, 0.2) is 0 Å². The van der Waals surface area contributed by atoms with Crippen LogP contribution in [-0.4, -0.2) is 26.3 Å². The van der Waals surface area contributed by atoms with Crippen LogP contribution in [0.3, 0.4) is 0 Å². The van der Waals surface area contributed by atoms with E-state index in [1.54, 1.807) is 14.2 Å². The maximum Gasteiger partial charge on any atom is 0.166 e. The number of hydrogen-bond donors (Lipinski definition) is 0. The highest BCUT2D eigenvalue weighted by atomic mass is 32.1. The monoisotopic (exact) mass is 152 g/mol. The average molecular weight is 152 g/mol. The first-order chi connectivity index (χ1) is 3.35. The Bertz CT molecular complexity index is 35.5. The summed E-state index contributed by atoms with van der Waals surface area (Å²) in [5.41, 5.74) is 0. The van der Waals surface area contributed by atoms with Gasteiger partial charge >= 0.3 is 0 Å². The normalized spacial score (nSPS) is 9.00. The molecule has 0 aliphatic rings. The second-order valence-electron chi connectivity index (χ2n) is 1.07. The molecule has 8 heavy (non-hydrogen) atoms. The average Bonchev–Trinajstić information content (AvgIpc) is 1.72. The molecule has 0 heterocycles. The predicted octanol–water partition coefficient (Wildman–Crippen LogP) is 1.66. The van der Waals surface area contributed by atoms with E-state index in [9.17, 15) is 0 Å². The smallest absolute Gasteiger partial charge is 0.166 e. The Hall–Kier alpha value is 0.700. The second-order valence-corrected chi connectivity index (χ2v) is 1.40. The van der Waals surface area contributed by atoms with Crippen LogP contribution in [0.1, 0.15) is 0 Å². The molecule has 0 N–H and O–H groups in total. The van der Waals surface area contributed by atoms with Crippen LogP contribution in [0.2, 0.25) is 0 Å². The van der Waals surface area contributed by atoms with Gasteiger partial charge in [-0.25, -0.2) is 0 Å². The molecule has 0 rings (SSSR count). The van der Waals surface area contributed by atoms with Crippen molar-refractivity contribution in [2.75, 3.05) is 20.0 Å². The highest BCUT2D eigenvalue weighted by Gasteiger charge is 1.97. The summed E-state index contributed by atoms with van der Waals surface area (Å²) >= 11 is 4.62. The molecule has 0 aromatic rings. The van der Waals surface area contributed by atoms with Crippen molar-refractivity contribution in [3.8, 4) is 0 Å². The number of ether oxygens (including phenoxy) is 2. The third kappa shape index (κ3) is 4.85. The van der Waals surface area contributed by atoms with E-state index in [0.717, 1.165) is 0 Å². The zero-order chi connectivity index (χ0) is 5.70. The van der Waals surface area contributed by atoms with Gasteiger partial charge in [0.15, 0.2) is 6.29 Å². The summed E-state index contributed by atoms with van der Waals surface area (Å²) in [5, 5.41) is 0. The van der Waals surface area contributed by atoms with E-state index in [2.05, 4.69) is 12.6 Å². The standard InChI is InChI=1S/C4H9O2S.P/c1-5-4(3-7)6-2;/h4H,3H2,1-2H3;. The fourth-order valence-electron chi connectivity index (χ4n) is 0.232. The fraction of sp³-hybridized carbons (Fsp3) is 1.00. The van der Waals surface area contributed by atoms with Crippen LogP contribution in [0, 0.1) is 0 Å². The fourth-order valence-corrected chi connectivity index (χ4v) is 0.504. The molecule has 2 nitrogen and oxygen atoms in total. The summed E-state index contributed by atoms with van der Waals surface area (Å²) < 4.78 is 9.44. The summed E-state index contributed by atoms with van der Waals surface area (Å²) in [5.74, 6) is 0.493. The number of hydrogen-bond acceptors (Lipinski definition) is 2. The van der Waals surface area contributed by atoms with Crippen molar-refractivity contribution in [2.24, 2.45) is 0 Å². The van der Waals surface area contributed by atoms with Crippen molar-refractivity contribution in [3.63, 3.8) is 0 Å². The lowest BCUT2D eigenvalue weighted by Crippen LogP contribution is -2.13. The van der Waals surface area contributed by atoms with E-state index < -0.39 is 0 Å². The van der Waals surface area contributed by atoms with E-state index in [4.69, 9.17) is 9.47 Å². The van der Waals surface area contributed by atoms with Gasteiger partial charge in [-0.05, 0) is 0 Å². The Morgan fingerprint density at radius 2 is 1.75 bits per heavy atom. The largest absolute Gasteiger partial charge is 0.355 e. The molecule has 4 radical (unpaired) electrons. The van der Waals surface area contributed by atoms with Crippen molar-refractivity contribution in [3.05, 3.63) is 0 Å². The molecule has 0 spiro atoms.